The summed E-state index contributed by atoms with van der Waals surface area (Å²) < 4.78 is 0. The van der Waals surface area contributed by atoms with Crippen LogP contribution in [-0.2, 0) is 4.79 Å². The molecule has 0 bridgehead atoms. The number of aliphatic imine (C=N–C) groups is 1. The molecular formula is C18H34N6O. The summed E-state index contributed by atoms with van der Waals surface area (Å²) in [6.45, 7) is 9.47. The SMILES string of the molecule is CN=C(NCCN1CCCN(C)CC1)N1CCCC2(CNC(=O)C2)C1. The predicted octanol–water partition coefficient (Wildman–Crippen LogP) is -0.199. The Morgan fingerprint density at radius 1 is 1.24 bits per heavy atom. The number of likely N-dealkylation sites (tertiary alicyclic amines) is 1. The van der Waals surface area contributed by atoms with E-state index in [0.717, 1.165) is 64.6 Å². The molecule has 3 saturated heterocycles. The summed E-state index contributed by atoms with van der Waals surface area (Å²) in [7, 11) is 4.07. The Balaban J connectivity index is 1.46. The summed E-state index contributed by atoms with van der Waals surface area (Å²) in [4.78, 5) is 23.5. The first-order chi connectivity index (χ1) is 12.1. The third kappa shape index (κ3) is 4.85. The van der Waals surface area contributed by atoms with Crippen LogP contribution in [0.25, 0.3) is 0 Å². The third-order valence-corrected chi connectivity index (χ3v) is 5.89. The summed E-state index contributed by atoms with van der Waals surface area (Å²) in [5, 5.41) is 6.57. The van der Waals surface area contributed by atoms with E-state index in [2.05, 4.69) is 37.4 Å². The van der Waals surface area contributed by atoms with Crippen LogP contribution >= 0.6 is 0 Å². The second kappa shape index (κ2) is 8.36. The van der Waals surface area contributed by atoms with Crippen molar-refractivity contribution in [2.24, 2.45) is 10.4 Å². The van der Waals surface area contributed by atoms with Crippen LogP contribution in [0, 0.1) is 5.41 Å². The molecule has 3 aliphatic rings. The highest BCUT2D eigenvalue weighted by molar-refractivity contribution is 5.81. The highest BCUT2D eigenvalue weighted by Crippen LogP contribution is 2.35. The topological polar surface area (TPSA) is 63.2 Å². The van der Waals surface area contributed by atoms with E-state index in [9.17, 15) is 4.79 Å². The fourth-order valence-electron chi connectivity index (χ4n) is 4.41. The molecule has 3 aliphatic heterocycles. The predicted molar refractivity (Wildman–Crippen MR) is 101 cm³/mol. The number of hydrogen-bond donors (Lipinski definition) is 2. The third-order valence-electron chi connectivity index (χ3n) is 5.89. The molecule has 0 aromatic heterocycles. The van der Waals surface area contributed by atoms with Crippen LogP contribution in [0.4, 0.5) is 0 Å². The monoisotopic (exact) mass is 350 g/mol. The summed E-state index contributed by atoms with van der Waals surface area (Å²) in [5.74, 6) is 1.20. The minimum absolute atomic E-state index is 0.113. The van der Waals surface area contributed by atoms with Crippen LogP contribution in [0.1, 0.15) is 25.7 Å². The molecule has 3 fully saturated rings. The Bertz CT molecular complexity index is 496. The van der Waals surface area contributed by atoms with E-state index in [4.69, 9.17) is 0 Å². The van der Waals surface area contributed by atoms with E-state index >= 15 is 0 Å². The van der Waals surface area contributed by atoms with Crippen molar-refractivity contribution in [3.63, 3.8) is 0 Å². The number of carbonyl (C=O) groups is 1. The van der Waals surface area contributed by atoms with Gasteiger partial charge in [0.2, 0.25) is 5.91 Å². The van der Waals surface area contributed by atoms with Gasteiger partial charge >= 0.3 is 0 Å². The summed E-state index contributed by atoms with van der Waals surface area (Å²) >= 11 is 0. The molecule has 0 aromatic carbocycles. The number of carbonyl (C=O) groups excluding carboxylic acids is 1. The van der Waals surface area contributed by atoms with Crippen molar-refractivity contribution in [2.75, 3.05) is 73.0 Å². The first-order valence-corrected chi connectivity index (χ1v) is 9.73. The van der Waals surface area contributed by atoms with Crippen LogP contribution in [-0.4, -0.2) is 99.6 Å². The number of likely N-dealkylation sites (N-methyl/N-ethyl adjacent to an activating group) is 1. The van der Waals surface area contributed by atoms with Crippen molar-refractivity contribution in [1.82, 2.24) is 25.3 Å². The largest absolute Gasteiger partial charge is 0.355 e. The van der Waals surface area contributed by atoms with Crippen LogP contribution in [0.5, 0.6) is 0 Å². The second-order valence-corrected chi connectivity index (χ2v) is 7.95. The molecule has 1 spiro atoms. The Kier molecular flexibility index (Phi) is 6.17. The molecule has 1 amide bonds. The molecule has 142 valence electrons. The van der Waals surface area contributed by atoms with Gasteiger partial charge in [0, 0.05) is 64.7 Å². The summed E-state index contributed by atoms with van der Waals surface area (Å²) in [6, 6.07) is 0. The molecule has 0 aromatic rings. The van der Waals surface area contributed by atoms with Crippen molar-refractivity contribution in [3.8, 4) is 0 Å². The first kappa shape index (κ1) is 18.5. The molecule has 0 radical (unpaired) electrons. The molecule has 1 unspecified atom stereocenters. The molecule has 3 heterocycles. The van der Waals surface area contributed by atoms with Gasteiger partial charge in [-0.05, 0) is 39.4 Å². The van der Waals surface area contributed by atoms with Gasteiger partial charge < -0.3 is 25.3 Å². The lowest BCUT2D eigenvalue weighted by atomic mass is 9.79. The number of nitrogens with one attached hydrogen (secondary N) is 2. The Morgan fingerprint density at radius 2 is 2.12 bits per heavy atom. The van der Waals surface area contributed by atoms with Crippen molar-refractivity contribution in [2.45, 2.75) is 25.7 Å². The number of rotatable bonds is 3. The lowest BCUT2D eigenvalue weighted by Crippen LogP contribution is -2.52. The number of amides is 1. The van der Waals surface area contributed by atoms with Crippen molar-refractivity contribution < 1.29 is 4.79 Å². The van der Waals surface area contributed by atoms with E-state index in [1.807, 2.05) is 7.05 Å². The second-order valence-electron chi connectivity index (χ2n) is 7.95. The maximum Gasteiger partial charge on any atom is 0.220 e. The van der Waals surface area contributed by atoms with E-state index < -0.39 is 0 Å². The van der Waals surface area contributed by atoms with Crippen LogP contribution in [0.2, 0.25) is 0 Å². The van der Waals surface area contributed by atoms with Gasteiger partial charge in [0.1, 0.15) is 0 Å². The zero-order valence-corrected chi connectivity index (χ0v) is 15.9. The molecule has 0 saturated carbocycles. The van der Waals surface area contributed by atoms with Gasteiger partial charge in [-0.15, -0.1) is 0 Å². The average Bonchev–Trinajstić information content (AvgIpc) is 2.82. The van der Waals surface area contributed by atoms with Gasteiger partial charge in [-0.25, -0.2) is 0 Å². The minimum atomic E-state index is 0.113. The minimum Gasteiger partial charge on any atom is -0.355 e. The molecule has 1 atom stereocenters. The van der Waals surface area contributed by atoms with Crippen molar-refractivity contribution >= 4 is 11.9 Å². The van der Waals surface area contributed by atoms with E-state index in [1.165, 1.54) is 19.5 Å². The van der Waals surface area contributed by atoms with Crippen LogP contribution in [0.15, 0.2) is 4.99 Å². The molecule has 7 nitrogen and oxygen atoms in total. The molecular weight excluding hydrogens is 316 g/mol. The van der Waals surface area contributed by atoms with E-state index in [0.29, 0.717) is 6.42 Å². The Morgan fingerprint density at radius 3 is 2.88 bits per heavy atom. The zero-order valence-electron chi connectivity index (χ0n) is 15.9. The maximum absolute atomic E-state index is 11.7. The first-order valence-electron chi connectivity index (χ1n) is 9.73. The van der Waals surface area contributed by atoms with Gasteiger partial charge in [-0.3, -0.25) is 9.79 Å². The van der Waals surface area contributed by atoms with E-state index in [-0.39, 0.29) is 11.3 Å². The van der Waals surface area contributed by atoms with Crippen molar-refractivity contribution in [3.05, 3.63) is 0 Å². The number of guanidine groups is 1. The number of nitrogens with zero attached hydrogens (tertiary/aromatic N) is 4. The van der Waals surface area contributed by atoms with Gasteiger partial charge in [-0.1, -0.05) is 0 Å². The fraction of sp³-hybridized carbons (Fsp3) is 0.889. The lowest BCUT2D eigenvalue weighted by Gasteiger charge is -2.40. The maximum atomic E-state index is 11.7. The normalized spacial score (nSPS) is 29.8. The van der Waals surface area contributed by atoms with E-state index in [1.54, 1.807) is 0 Å². The summed E-state index contributed by atoms with van der Waals surface area (Å²) in [5.41, 5.74) is 0.113. The highest BCUT2D eigenvalue weighted by Gasteiger charge is 2.42. The number of hydrogen-bond acceptors (Lipinski definition) is 4. The highest BCUT2D eigenvalue weighted by atomic mass is 16.1. The Labute approximate surface area is 151 Å². The molecule has 0 aliphatic carbocycles. The molecule has 25 heavy (non-hydrogen) atoms. The number of piperidine rings is 1. The quantitative estimate of drug-likeness (QED) is 0.545. The Hall–Kier alpha value is -1.34. The smallest absolute Gasteiger partial charge is 0.220 e. The van der Waals surface area contributed by atoms with Gasteiger partial charge in [0.15, 0.2) is 5.96 Å². The summed E-state index contributed by atoms with van der Waals surface area (Å²) in [6.07, 6.45) is 4.19. The molecule has 7 heteroatoms. The standard InChI is InChI=1S/C18H34N6O/c1-19-17(20-6-10-23-8-4-7-22(2)11-12-23)24-9-3-5-18(15-24)13-16(25)21-14-18/h3-15H2,1-2H3,(H,19,20)(H,21,25). The van der Waals surface area contributed by atoms with Gasteiger partial charge in [0.05, 0.1) is 0 Å². The van der Waals surface area contributed by atoms with Gasteiger partial charge in [0.25, 0.3) is 0 Å². The van der Waals surface area contributed by atoms with Gasteiger partial charge in [-0.2, -0.15) is 0 Å². The van der Waals surface area contributed by atoms with Crippen LogP contribution < -0.4 is 10.6 Å². The molecule has 2 N–H and O–H groups in total. The lowest BCUT2D eigenvalue weighted by molar-refractivity contribution is -0.119. The zero-order chi connectivity index (χ0) is 17.7. The van der Waals surface area contributed by atoms with Crippen molar-refractivity contribution in [1.29, 1.82) is 0 Å². The molecule has 3 rings (SSSR count). The average molecular weight is 351 g/mol. The fourth-order valence-corrected chi connectivity index (χ4v) is 4.41. The van der Waals surface area contributed by atoms with Crippen LogP contribution in [0.3, 0.4) is 0 Å².